The Balaban J connectivity index is 1.66. The van der Waals surface area contributed by atoms with Crippen molar-refractivity contribution in [2.24, 2.45) is 18.9 Å². The van der Waals surface area contributed by atoms with Gasteiger partial charge < -0.3 is 28.8 Å². The summed E-state index contributed by atoms with van der Waals surface area (Å²) in [7, 11) is 1.75. The van der Waals surface area contributed by atoms with E-state index in [2.05, 4.69) is 28.1 Å². The number of aryl methyl sites for hydroxylation is 2. The fourth-order valence-electron chi connectivity index (χ4n) is 5.78. The molecular weight excluding hydrogens is 558 g/mol. The molecule has 2 aromatic heterocycles. The molecule has 44 heavy (non-hydrogen) atoms. The molecule has 4 rings (SSSR count). The molecule has 2 unspecified atom stereocenters. The van der Waals surface area contributed by atoms with Crippen LogP contribution in [0.2, 0.25) is 0 Å². The number of pyridine rings is 1. The highest BCUT2D eigenvalue weighted by molar-refractivity contribution is 5.81. The molecule has 0 aliphatic carbocycles. The first-order chi connectivity index (χ1) is 20.6. The van der Waals surface area contributed by atoms with Crippen LogP contribution in [0.15, 0.2) is 35.3 Å². The van der Waals surface area contributed by atoms with Gasteiger partial charge in [0.1, 0.15) is 17.5 Å². The number of benzene rings is 1. The molecule has 0 radical (unpaired) electrons. The lowest BCUT2D eigenvalue weighted by molar-refractivity contribution is -0.151. The van der Waals surface area contributed by atoms with Gasteiger partial charge in [0.25, 0.3) is 5.56 Å². The number of fused-ring (bicyclic) bond motifs is 1. The van der Waals surface area contributed by atoms with Crippen LogP contribution in [-0.4, -0.2) is 61.9 Å². The third-order valence-electron chi connectivity index (χ3n) is 7.84. The Morgan fingerprint density at radius 1 is 1.14 bits per heavy atom. The van der Waals surface area contributed by atoms with Gasteiger partial charge in [0.05, 0.1) is 17.1 Å². The predicted molar refractivity (Wildman–Crippen MR) is 172 cm³/mol. The highest BCUT2D eigenvalue weighted by atomic mass is 16.6. The molecule has 0 bridgehead atoms. The molecule has 1 aromatic carbocycles. The number of imidazole rings is 1. The molecule has 1 fully saturated rings. The van der Waals surface area contributed by atoms with Crippen molar-refractivity contribution < 1.29 is 19.1 Å². The maximum absolute atomic E-state index is 12.9. The van der Waals surface area contributed by atoms with Crippen molar-refractivity contribution in [1.82, 2.24) is 24.3 Å². The fourth-order valence-corrected chi connectivity index (χ4v) is 5.78. The van der Waals surface area contributed by atoms with Crippen LogP contribution in [-0.2, 0) is 34.4 Å². The van der Waals surface area contributed by atoms with Gasteiger partial charge in [0.2, 0.25) is 0 Å². The monoisotopic (exact) mass is 607 g/mol. The molecule has 1 aliphatic rings. The minimum absolute atomic E-state index is 0.0410. The van der Waals surface area contributed by atoms with E-state index in [-0.39, 0.29) is 35.6 Å². The van der Waals surface area contributed by atoms with E-state index in [0.717, 1.165) is 40.8 Å². The summed E-state index contributed by atoms with van der Waals surface area (Å²) in [5, 5.41) is 3.38. The van der Waals surface area contributed by atoms with Crippen LogP contribution < -0.4 is 10.9 Å². The number of likely N-dealkylation sites (tertiary alicyclic amines) is 1. The van der Waals surface area contributed by atoms with E-state index in [0.29, 0.717) is 31.7 Å². The van der Waals surface area contributed by atoms with Crippen molar-refractivity contribution in [3.05, 3.63) is 51.9 Å². The zero-order valence-corrected chi connectivity index (χ0v) is 27.8. The van der Waals surface area contributed by atoms with Crippen molar-refractivity contribution in [3.63, 3.8) is 0 Å². The van der Waals surface area contributed by atoms with E-state index in [1.165, 1.54) is 0 Å². The molecule has 0 saturated carbocycles. The van der Waals surface area contributed by atoms with Crippen LogP contribution in [0.4, 0.5) is 4.79 Å². The molecule has 1 saturated heterocycles. The number of carbonyl (C=O) groups excluding carboxylic acids is 2. The number of rotatable bonds is 9. The number of carbonyl (C=O) groups is 2. The summed E-state index contributed by atoms with van der Waals surface area (Å²) in [5.41, 5.74) is 3.73. The average Bonchev–Trinajstić information content (AvgIpc) is 3.27. The van der Waals surface area contributed by atoms with Crippen molar-refractivity contribution in [1.29, 1.82) is 0 Å². The number of esters is 1. The Hall–Kier alpha value is -3.66. The Morgan fingerprint density at radius 2 is 1.86 bits per heavy atom. The van der Waals surface area contributed by atoms with Gasteiger partial charge in [-0.25, -0.2) is 9.78 Å². The summed E-state index contributed by atoms with van der Waals surface area (Å²) in [4.78, 5) is 44.9. The highest BCUT2D eigenvalue weighted by Gasteiger charge is 2.29. The minimum Gasteiger partial charge on any atom is -0.462 e. The first kappa shape index (κ1) is 33.2. The normalized spacial score (nSPS) is 16.5. The van der Waals surface area contributed by atoms with Gasteiger partial charge in [-0.2, -0.15) is 0 Å². The fraction of sp³-hybridized carbons (Fsp3) is 0.588. The predicted octanol–water partition coefficient (Wildman–Crippen LogP) is 5.42. The lowest BCUT2D eigenvalue weighted by Gasteiger charge is -2.34. The minimum atomic E-state index is -0.546. The second-order valence-electron chi connectivity index (χ2n) is 13.7. The molecule has 1 amide bonds. The summed E-state index contributed by atoms with van der Waals surface area (Å²) >= 11 is 0. The van der Waals surface area contributed by atoms with Gasteiger partial charge in [-0.1, -0.05) is 19.9 Å². The third kappa shape index (κ3) is 8.08. The standard InChI is InChI=1S/C34H49N5O5/c1-21(2)29(32(41)43-22(3)4)35-17-24-12-13-28-27(16-24)36-30(26-15-23(5)31(40)37(9)20-26)39(28)19-25-11-10-14-38(18-25)33(42)44-34(6,7)8/h12-13,15-16,20-22,25,29,35H,10-11,14,17-19H2,1-9H3. The maximum atomic E-state index is 12.9. The van der Waals surface area contributed by atoms with Crippen LogP contribution in [0.1, 0.15) is 72.4 Å². The van der Waals surface area contributed by atoms with Crippen molar-refractivity contribution in [2.45, 2.75) is 99.1 Å². The summed E-state index contributed by atoms with van der Waals surface area (Å²) < 4.78 is 14.9. The van der Waals surface area contributed by atoms with Gasteiger partial charge in [-0.15, -0.1) is 0 Å². The van der Waals surface area contributed by atoms with Crippen LogP contribution in [0, 0.1) is 18.8 Å². The maximum Gasteiger partial charge on any atom is 0.410 e. The largest absolute Gasteiger partial charge is 0.462 e. The summed E-state index contributed by atoms with van der Waals surface area (Å²) in [5.74, 6) is 0.806. The molecule has 3 heterocycles. The molecule has 1 aliphatic heterocycles. The Kier molecular flexibility index (Phi) is 10.2. The zero-order valence-electron chi connectivity index (χ0n) is 27.8. The summed E-state index contributed by atoms with van der Waals surface area (Å²) in [6, 6.07) is 7.65. The number of nitrogens with zero attached hydrogens (tertiary/aromatic N) is 4. The number of hydrogen-bond acceptors (Lipinski definition) is 7. The van der Waals surface area contributed by atoms with Crippen LogP contribution in [0.5, 0.6) is 0 Å². The average molecular weight is 608 g/mol. The Labute approximate surface area is 260 Å². The van der Waals surface area contributed by atoms with E-state index in [4.69, 9.17) is 14.5 Å². The second-order valence-corrected chi connectivity index (χ2v) is 13.7. The first-order valence-electron chi connectivity index (χ1n) is 15.7. The van der Waals surface area contributed by atoms with Crippen molar-refractivity contribution in [2.75, 3.05) is 13.1 Å². The van der Waals surface area contributed by atoms with Crippen molar-refractivity contribution in [3.8, 4) is 11.4 Å². The van der Waals surface area contributed by atoms with Crippen LogP contribution in [0.25, 0.3) is 22.4 Å². The highest BCUT2D eigenvalue weighted by Crippen LogP contribution is 2.29. The molecule has 10 nitrogen and oxygen atoms in total. The quantitative estimate of drug-likeness (QED) is 0.324. The van der Waals surface area contributed by atoms with Gasteiger partial charge in [-0.05, 0) is 90.0 Å². The molecule has 2 atom stereocenters. The molecule has 0 spiro atoms. The summed E-state index contributed by atoms with van der Waals surface area (Å²) in [6.45, 7) is 17.6. The second kappa shape index (κ2) is 13.5. The number of piperidine rings is 1. The van der Waals surface area contributed by atoms with Crippen LogP contribution in [0.3, 0.4) is 0 Å². The number of aromatic nitrogens is 3. The molecular formula is C34H49N5O5. The smallest absolute Gasteiger partial charge is 0.410 e. The van der Waals surface area contributed by atoms with Gasteiger partial charge >= 0.3 is 12.1 Å². The Bertz CT molecular complexity index is 1520. The van der Waals surface area contributed by atoms with E-state index < -0.39 is 11.6 Å². The first-order valence-corrected chi connectivity index (χ1v) is 15.7. The Morgan fingerprint density at radius 3 is 2.50 bits per heavy atom. The molecule has 10 heteroatoms. The number of hydrogen-bond donors (Lipinski definition) is 1. The number of nitrogens with one attached hydrogen (secondary N) is 1. The third-order valence-corrected chi connectivity index (χ3v) is 7.84. The van der Waals surface area contributed by atoms with Crippen LogP contribution >= 0.6 is 0 Å². The van der Waals surface area contributed by atoms with Gasteiger partial charge in [0, 0.05) is 50.6 Å². The van der Waals surface area contributed by atoms with Gasteiger partial charge in [0.15, 0.2) is 0 Å². The number of amides is 1. The SMILES string of the molecule is Cc1cc(-c2nc3cc(CNC(C(=O)OC(C)C)C(C)C)ccc3n2CC2CCCN(C(=O)OC(C)(C)C)C2)cn(C)c1=O. The van der Waals surface area contributed by atoms with E-state index >= 15 is 0 Å². The molecule has 3 aromatic rings. The van der Waals surface area contributed by atoms with Crippen molar-refractivity contribution >= 4 is 23.1 Å². The number of ether oxygens (including phenoxy) is 2. The van der Waals surface area contributed by atoms with Gasteiger partial charge in [-0.3, -0.25) is 9.59 Å². The topological polar surface area (TPSA) is 108 Å². The van der Waals surface area contributed by atoms with E-state index in [1.54, 1.807) is 11.6 Å². The lowest BCUT2D eigenvalue weighted by atomic mass is 9.98. The van der Waals surface area contributed by atoms with E-state index in [1.807, 2.05) is 72.6 Å². The summed E-state index contributed by atoms with van der Waals surface area (Å²) in [6.07, 6.45) is 3.26. The lowest BCUT2D eigenvalue weighted by Crippen LogP contribution is -2.43. The molecule has 240 valence electrons. The molecule has 1 N–H and O–H groups in total. The van der Waals surface area contributed by atoms with E-state index in [9.17, 15) is 14.4 Å². The zero-order chi connectivity index (χ0) is 32.3.